The first kappa shape index (κ1) is 11.8. The Hall–Kier alpha value is -1.32. The van der Waals surface area contributed by atoms with Crippen LogP contribution in [-0.2, 0) is 23.2 Å². The molecule has 0 fully saturated rings. The van der Waals surface area contributed by atoms with E-state index in [4.69, 9.17) is 16.3 Å². The van der Waals surface area contributed by atoms with Crippen molar-refractivity contribution in [2.45, 2.75) is 18.9 Å². The van der Waals surface area contributed by atoms with Gasteiger partial charge in [-0.1, -0.05) is 23.7 Å². The van der Waals surface area contributed by atoms with E-state index in [9.17, 15) is 4.79 Å². The molecule has 18 heavy (non-hydrogen) atoms. The van der Waals surface area contributed by atoms with Crippen molar-refractivity contribution in [2.75, 3.05) is 6.61 Å². The molecule has 3 nitrogen and oxygen atoms in total. The number of carbonyl (C=O) groups is 1. The lowest BCUT2D eigenvalue weighted by Crippen LogP contribution is -2.17. The van der Waals surface area contributed by atoms with E-state index in [1.54, 1.807) is 0 Å². The summed E-state index contributed by atoms with van der Waals surface area (Å²) in [6.07, 6.45) is 1.46. The highest BCUT2D eigenvalue weighted by atomic mass is 35.5. The zero-order chi connectivity index (χ0) is 12.7. The first-order valence-corrected chi connectivity index (χ1v) is 6.39. The number of aldehydes is 1. The van der Waals surface area contributed by atoms with E-state index in [-0.39, 0.29) is 5.92 Å². The van der Waals surface area contributed by atoms with E-state index in [1.165, 1.54) is 5.56 Å². The molecule has 0 aliphatic carbocycles. The Morgan fingerprint density at radius 1 is 1.56 bits per heavy atom. The molecule has 2 aromatic rings. The van der Waals surface area contributed by atoms with Crippen LogP contribution in [-0.4, -0.2) is 17.5 Å². The number of carbonyl (C=O) groups excluding carboxylic acids is 1. The van der Waals surface area contributed by atoms with Crippen molar-refractivity contribution in [3.05, 3.63) is 34.5 Å². The number of aromatic nitrogens is 1. The van der Waals surface area contributed by atoms with Gasteiger partial charge in [-0.15, -0.1) is 0 Å². The Balaban J connectivity index is 2.31. The highest BCUT2D eigenvalue weighted by Crippen LogP contribution is 2.38. The zero-order valence-electron chi connectivity index (χ0n) is 10.1. The van der Waals surface area contributed by atoms with Crippen LogP contribution < -0.4 is 0 Å². The van der Waals surface area contributed by atoms with E-state index in [0.29, 0.717) is 19.6 Å². The Morgan fingerprint density at radius 2 is 2.39 bits per heavy atom. The fourth-order valence-corrected chi connectivity index (χ4v) is 3.16. The van der Waals surface area contributed by atoms with Crippen molar-refractivity contribution in [3.8, 4) is 0 Å². The van der Waals surface area contributed by atoms with Crippen LogP contribution in [0.5, 0.6) is 0 Å². The third kappa shape index (κ3) is 1.58. The standard InChI is InChI=1S/C14H14ClNO2/c1-16-12-8-18-7-9(5-6-17)13(12)10-3-2-4-11(15)14(10)16/h2-4,6,9H,5,7-8H2,1H3/t9-/m0/s1. The number of para-hydroxylation sites is 1. The van der Waals surface area contributed by atoms with Crippen LogP contribution in [0, 0.1) is 0 Å². The van der Waals surface area contributed by atoms with E-state index in [2.05, 4.69) is 10.6 Å². The van der Waals surface area contributed by atoms with Crippen molar-refractivity contribution in [1.29, 1.82) is 0 Å². The van der Waals surface area contributed by atoms with E-state index >= 15 is 0 Å². The summed E-state index contributed by atoms with van der Waals surface area (Å²) >= 11 is 6.28. The summed E-state index contributed by atoms with van der Waals surface area (Å²) < 4.78 is 7.68. The summed E-state index contributed by atoms with van der Waals surface area (Å²) in [6.45, 7) is 1.20. The summed E-state index contributed by atoms with van der Waals surface area (Å²) in [5, 5.41) is 1.89. The number of benzene rings is 1. The van der Waals surface area contributed by atoms with Gasteiger partial charge in [0.05, 0.1) is 23.8 Å². The number of fused-ring (bicyclic) bond motifs is 3. The van der Waals surface area contributed by atoms with Crippen molar-refractivity contribution >= 4 is 28.8 Å². The van der Waals surface area contributed by atoms with E-state index in [0.717, 1.165) is 27.9 Å². The number of rotatable bonds is 2. The minimum Gasteiger partial charge on any atom is -0.375 e. The lowest BCUT2D eigenvalue weighted by molar-refractivity contribution is -0.108. The van der Waals surface area contributed by atoms with Gasteiger partial charge < -0.3 is 14.1 Å². The van der Waals surface area contributed by atoms with Gasteiger partial charge in [-0.3, -0.25) is 0 Å². The Bertz CT molecular complexity index is 618. The first-order chi connectivity index (χ1) is 8.74. The second-order valence-corrected chi connectivity index (χ2v) is 5.08. The highest BCUT2D eigenvalue weighted by Gasteiger charge is 2.27. The Kier molecular flexibility index (Phi) is 2.88. The molecule has 0 amide bonds. The molecule has 3 rings (SSSR count). The summed E-state index contributed by atoms with van der Waals surface area (Å²) in [5.74, 6) is 0.147. The molecule has 0 bridgehead atoms. The molecule has 1 aromatic heterocycles. The molecular weight excluding hydrogens is 250 g/mol. The first-order valence-electron chi connectivity index (χ1n) is 6.01. The average molecular weight is 264 g/mol. The van der Waals surface area contributed by atoms with Crippen LogP contribution in [0.1, 0.15) is 23.6 Å². The number of ether oxygens (including phenoxy) is 1. The van der Waals surface area contributed by atoms with Crippen molar-refractivity contribution in [3.63, 3.8) is 0 Å². The van der Waals surface area contributed by atoms with Crippen LogP contribution in [0.25, 0.3) is 10.9 Å². The molecule has 0 N–H and O–H groups in total. The summed E-state index contributed by atoms with van der Waals surface area (Å²) in [4.78, 5) is 10.8. The molecule has 1 aliphatic heterocycles. The Morgan fingerprint density at radius 3 is 3.17 bits per heavy atom. The molecule has 94 valence electrons. The molecule has 1 aromatic carbocycles. The van der Waals surface area contributed by atoms with E-state index < -0.39 is 0 Å². The third-order valence-electron chi connectivity index (χ3n) is 3.67. The van der Waals surface area contributed by atoms with Gasteiger partial charge in [0.1, 0.15) is 6.29 Å². The summed E-state index contributed by atoms with van der Waals surface area (Å²) in [6, 6.07) is 5.92. The normalized spacial score (nSPS) is 18.9. The monoisotopic (exact) mass is 263 g/mol. The van der Waals surface area contributed by atoms with Gasteiger partial charge in [0.2, 0.25) is 0 Å². The van der Waals surface area contributed by atoms with Gasteiger partial charge in [0, 0.05) is 30.5 Å². The van der Waals surface area contributed by atoms with Gasteiger partial charge in [-0.25, -0.2) is 0 Å². The molecule has 2 heterocycles. The van der Waals surface area contributed by atoms with Crippen LogP contribution in [0.4, 0.5) is 0 Å². The number of aryl methyl sites for hydroxylation is 1. The van der Waals surface area contributed by atoms with Crippen LogP contribution in [0.15, 0.2) is 18.2 Å². The molecule has 1 atom stereocenters. The fraction of sp³-hybridized carbons (Fsp3) is 0.357. The number of hydrogen-bond acceptors (Lipinski definition) is 2. The molecule has 0 spiro atoms. The van der Waals surface area contributed by atoms with Gasteiger partial charge in [0.15, 0.2) is 0 Å². The Labute approximate surface area is 110 Å². The quantitative estimate of drug-likeness (QED) is 0.780. The average Bonchev–Trinajstić information content (AvgIpc) is 2.66. The molecule has 0 saturated carbocycles. The van der Waals surface area contributed by atoms with Gasteiger partial charge in [0.25, 0.3) is 0 Å². The smallest absolute Gasteiger partial charge is 0.120 e. The van der Waals surface area contributed by atoms with E-state index in [1.807, 2.05) is 19.2 Å². The fourth-order valence-electron chi connectivity index (χ4n) is 2.86. The topological polar surface area (TPSA) is 31.2 Å². The molecule has 0 unspecified atom stereocenters. The molecule has 0 saturated heterocycles. The van der Waals surface area contributed by atoms with Crippen LogP contribution in [0.3, 0.4) is 0 Å². The van der Waals surface area contributed by atoms with Crippen molar-refractivity contribution in [2.24, 2.45) is 7.05 Å². The zero-order valence-corrected chi connectivity index (χ0v) is 10.9. The lowest BCUT2D eigenvalue weighted by Gasteiger charge is -2.22. The number of hydrogen-bond donors (Lipinski definition) is 0. The third-order valence-corrected chi connectivity index (χ3v) is 3.98. The maximum atomic E-state index is 10.8. The second-order valence-electron chi connectivity index (χ2n) is 4.67. The maximum absolute atomic E-state index is 10.8. The van der Waals surface area contributed by atoms with Gasteiger partial charge >= 0.3 is 0 Å². The van der Waals surface area contributed by atoms with Gasteiger partial charge in [-0.2, -0.15) is 0 Å². The van der Waals surface area contributed by atoms with Crippen molar-refractivity contribution < 1.29 is 9.53 Å². The lowest BCUT2D eigenvalue weighted by atomic mass is 9.92. The maximum Gasteiger partial charge on any atom is 0.120 e. The predicted molar refractivity (Wildman–Crippen MR) is 71.0 cm³/mol. The minimum atomic E-state index is 0.147. The van der Waals surface area contributed by atoms with Crippen LogP contribution in [0.2, 0.25) is 5.02 Å². The number of nitrogens with zero attached hydrogens (tertiary/aromatic N) is 1. The van der Waals surface area contributed by atoms with Crippen molar-refractivity contribution in [1.82, 2.24) is 4.57 Å². The largest absolute Gasteiger partial charge is 0.375 e. The molecule has 0 radical (unpaired) electrons. The van der Waals surface area contributed by atoms with Crippen LogP contribution >= 0.6 is 11.6 Å². The number of halogens is 1. The highest BCUT2D eigenvalue weighted by molar-refractivity contribution is 6.35. The predicted octanol–water partition coefficient (Wildman–Crippen LogP) is 3.03. The molecular formula is C14H14ClNO2. The second kappa shape index (κ2) is 4.41. The summed E-state index contributed by atoms with van der Waals surface area (Å²) in [7, 11) is 2.00. The minimum absolute atomic E-state index is 0.147. The summed E-state index contributed by atoms with van der Waals surface area (Å²) in [5.41, 5.74) is 3.40. The molecule has 1 aliphatic rings. The SMILES string of the molecule is Cn1c2c(c3cccc(Cl)c31)[C@@H](CC=O)COC2. The molecule has 4 heteroatoms. The van der Waals surface area contributed by atoms with Gasteiger partial charge in [-0.05, 0) is 11.6 Å².